The van der Waals surface area contributed by atoms with Crippen LogP contribution in [0.2, 0.25) is 0 Å². The van der Waals surface area contributed by atoms with Crippen molar-refractivity contribution < 1.29 is 8.42 Å². The monoisotopic (exact) mass is 377 g/mol. The summed E-state index contributed by atoms with van der Waals surface area (Å²) >= 11 is 0. The second kappa shape index (κ2) is 7.42. The molecule has 2 N–H and O–H groups in total. The summed E-state index contributed by atoms with van der Waals surface area (Å²) in [6.45, 7) is 2.46. The van der Waals surface area contributed by atoms with Crippen LogP contribution in [0.4, 0.5) is 5.82 Å². The van der Waals surface area contributed by atoms with Gasteiger partial charge in [0.05, 0.1) is 11.5 Å². The topological polar surface area (TPSA) is 86.7 Å². The van der Waals surface area contributed by atoms with Gasteiger partial charge in [0, 0.05) is 37.9 Å². The van der Waals surface area contributed by atoms with E-state index in [9.17, 15) is 8.42 Å². The molecule has 3 aliphatic rings. The zero-order valence-corrected chi connectivity index (χ0v) is 15.8. The fourth-order valence-electron chi connectivity index (χ4n) is 3.61. The van der Waals surface area contributed by atoms with Crippen molar-refractivity contribution in [2.24, 2.45) is 10.9 Å². The van der Waals surface area contributed by atoms with Crippen molar-refractivity contribution in [1.82, 2.24) is 15.6 Å². The minimum absolute atomic E-state index is 0.159. The fourth-order valence-corrected chi connectivity index (χ4v) is 5.46. The van der Waals surface area contributed by atoms with E-state index >= 15 is 0 Å². The van der Waals surface area contributed by atoms with Crippen LogP contribution < -0.4 is 15.5 Å². The lowest BCUT2D eigenvalue weighted by molar-refractivity contribution is 0.585. The maximum absolute atomic E-state index is 11.6. The van der Waals surface area contributed by atoms with E-state index in [4.69, 9.17) is 4.99 Å². The number of hydrogen-bond donors (Lipinski definition) is 2. The van der Waals surface area contributed by atoms with Crippen LogP contribution >= 0.6 is 0 Å². The van der Waals surface area contributed by atoms with E-state index in [-0.39, 0.29) is 11.7 Å². The second-order valence-electron chi connectivity index (χ2n) is 7.64. The lowest BCUT2D eigenvalue weighted by Crippen LogP contribution is -2.45. The van der Waals surface area contributed by atoms with Crippen LogP contribution in [0.15, 0.2) is 29.4 Å². The molecule has 1 saturated carbocycles. The molecule has 8 heteroatoms. The first kappa shape index (κ1) is 17.6. The van der Waals surface area contributed by atoms with Gasteiger partial charge < -0.3 is 15.5 Å². The Balaban J connectivity index is 1.34. The highest BCUT2D eigenvalue weighted by Gasteiger charge is 2.29. The Morgan fingerprint density at radius 3 is 2.73 bits per heavy atom. The Kier molecular flexibility index (Phi) is 5.02. The quantitative estimate of drug-likeness (QED) is 0.583. The largest absolute Gasteiger partial charge is 0.354 e. The number of guanidine groups is 1. The fraction of sp³-hybridized carbons (Fsp3) is 0.667. The van der Waals surface area contributed by atoms with Gasteiger partial charge in [0.2, 0.25) is 0 Å². The van der Waals surface area contributed by atoms with Gasteiger partial charge in [-0.3, -0.25) is 4.99 Å². The minimum atomic E-state index is -2.84. The van der Waals surface area contributed by atoms with Crippen molar-refractivity contribution in [3.63, 3.8) is 0 Å². The van der Waals surface area contributed by atoms with E-state index in [1.165, 1.54) is 12.8 Å². The van der Waals surface area contributed by atoms with Gasteiger partial charge in [-0.15, -0.1) is 0 Å². The predicted octanol–water partition coefficient (Wildman–Crippen LogP) is 0.793. The summed E-state index contributed by atoms with van der Waals surface area (Å²) in [5.41, 5.74) is 0. The van der Waals surface area contributed by atoms with E-state index in [1.54, 1.807) is 0 Å². The van der Waals surface area contributed by atoms with Gasteiger partial charge in [0.25, 0.3) is 0 Å². The summed E-state index contributed by atoms with van der Waals surface area (Å²) in [5, 5.41) is 7.02. The summed E-state index contributed by atoms with van der Waals surface area (Å²) in [6, 6.07) is 6.83. The molecule has 0 amide bonds. The zero-order valence-electron chi connectivity index (χ0n) is 15.0. The Labute approximate surface area is 155 Å². The predicted molar refractivity (Wildman–Crippen MR) is 103 cm³/mol. The molecule has 0 bridgehead atoms. The molecule has 26 heavy (non-hydrogen) atoms. The van der Waals surface area contributed by atoms with Crippen LogP contribution in [0.25, 0.3) is 0 Å². The highest BCUT2D eigenvalue weighted by Crippen LogP contribution is 2.21. The van der Waals surface area contributed by atoms with Crippen molar-refractivity contribution >= 4 is 21.6 Å². The zero-order chi connectivity index (χ0) is 18.0. The van der Waals surface area contributed by atoms with Crippen molar-refractivity contribution in [3.8, 4) is 0 Å². The van der Waals surface area contributed by atoms with Gasteiger partial charge in [-0.2, -0.15) is 0 Å². The molecule has 2 aliphatic heterocycles. The highest BCUT2D eigenvalue weighted by molar-refractivity contribution is 7.91. The van der Waals surface area contributed by atoms with E-state index in [2.05, 4.69) is 20.5 Å². The highest BCUT2D eigenvalue weighted by atomic mass is 32.2. The molecule has 2 atom stereocenters. The van der Waals surface area contributed by atoms with Crippen LogP contribution in [0.5, 0.6) is 0 Å². The van der Waals surface area contributed by atoms with Gasteiger partial charge >= 0.3 is 0 Å². The molecule has 3 heterocycles. The first-order valence-electron chi connectivity index (χ1n) is 9.51. The molecule has 0 radical (unpaired) electrons. The molecule has 1 aromatic rings. The summed E-state index contributed by atoms with van der Waals surface area (Å²) in [5.74, 6) is 2.61. The summed E-state index contributed by atoms with van der Waals surface area (Å²) < 4.78 is 23.3. The minimum Gasteiger partial charge on any atom is -0.354 e. The molecular weight excluding hydrogens is 350 g/mol. The van der Waals surface area contributed by atoms with E-state index in [0.29, 0.717) is 24.4 Å². The van der Waals surface area contributed by atoms with Crippen LogP contribution in [0.1, 0.15) is 25.7 Å². The molecule has 2 unspecified atom stereocenters. The molecule has 1 aromatic heterocycles. The molecule has 2 saturated heterocycles. The lowest BCUT2D eigenvalue weighted by Gasteiger charge is -2.20. The Hall–Kier alpha value is -1.83. The van der Waals surface area contributed by atoms with Crippen LogP contribution in [0, 0.1) is 5.92 Å². The Morgan fingerprint density at radius 1 is 1.19 bits per heavy atom. The molecule has 3 fully saturated rings. The Bertz CT molecular complexity index is 748. The molecule has 142 valence electrons. The number of rotatable bonds is 5. The van der Waals surface area contributed by atoms with Crippen molar-refractivity contribution in [1.29, 1.82) is 0 Å². The third-order valence-corrected chi connectivity index (χ3v) is 7.09. The summed E-state index contributed by atoms with van der Waals surface area (Å²) in [4.78, 5) is 11.4. The normalized spacial score (nSPS) is 28.3. The third-order valence-electron chi connectivity index (χ3n) is 5.25. The van der Waals surface area contributed by atoms with E-state index < -0.39 is 9.84 Å². The number of nitrogens with zero attached hydrogens (tertiary/aromatic N) is 3. The average Bonchev–Trinajstić information content (AvgIpc) is 3.20. The third kappa shape index (κ3) is 4.66. The number of aromatic nitrogens is 1. The number of hydrogen-bond acceptors (Lipinski definition) is 5. The van der Waals surface area contributed by atoms with Crippen LogP contribution in [-0.2, 0) is 9.84 Å². The summed E-state index contributed by atoms with van der Waals surface area (Å²) in [7, 11) is -2.84. The average molecular weight is 378 g/mol. The van der Waals surface area contributed by atoms with Crippen molar-refractivity contribution in [2.45, 2.75) is 37.8 Å². The van der Waals surface area contributed by atoms with Gasteiger partial charge in [-0.1, -0.05) is 6.07 Å². The van der Waals surface area contributed by atoms with Crippen LogP contribution in [0.3, 0.4) is 0 Å². The lowest BCUT2D eigenvalue weighted by atomic mass is 10.1. The van der Waals surface area contributed by atoms with Gasteiger partial charge in [0.1, 0.15) is 5.82 Å². The molecule has 0 aromatic carbocycles. The molecular formula is C18H27N5O2S. The number of sulfone groups is 1. The Morgan fingerprint density at radius 2 is 2.04 bits per heavy atom. The molecule has 0 spiro atoms. The molecule has 7 nitrogen and oxygen atoms in total. The second-order valence-corrected chi connectivity index (χ2v) is 9.87. The standard InChI is InChI=1S/C18H27N5O2S/c24-26(25)10-7-14(13-26)11-20-18(21-15-4-5-15)22-16-6-9-23(12-16)17-3-1-2-8-19-17/h1-3,8,14-16H,4-7,9-13H2,(H2,20,21,22). The molecule has 4 rings (SSSR count). The van der Waals surface area contributed by atoms with E-state index in [1.807, 2.05) is 24.4 Å². The number of aliphatic imine (C=N–C) groups is 1. The smallest absolute Gasteiger partial charge is 0.191 e. The summed E-state index contributed by atoms with van der Waals surface area (Å²) in [6.07, 6.45) is 5.97. The van der Waals surface area contributed by atoms with Crippen molar-refractivity contribution in [3.05, 3.63) is 24.4 Å². The van der Waals surface area contributed by atoms with Gasteiger partial charge in [0.15, 0.2) is 15.8 Å². The van der Waals surface area contributed by atoms with Crippen molar-refractivity contribution in [2.75, 3.05) is 36.0 Å². The SMILES string of the molecule is O=S1(=O)CCC(CN=C(NC2CC2)NC2CCN(c3ccccn3)C2)C1. The number of anilines is 1. The number of pyridine rings is 1. The maximum Gasteiger partial charge on any atom is 0.191 e. The van der Waals surface area contributed by atoms with Gasteiger partial charge in [-0.05, 0) is 43.7 Å². The van der Waals surface area contributed by atoms with E-state index in [0.717, 1.165) is 37.7 Å². The first-order chi connectivity index (χ1) is 12.6. The number of nitrogens with one attached hydrogen (secondary N) is 2. The van der Waals surface area contributed by atoms with Gasteiger partial charge in [-0.25, -0.2) is 13.4 Å². The van der Waals surface area contributed by atoms with Crippen LogP contribution in [-0.4, -0.2) is 62.6 Å². The first-order valence-corrected chi connectivity index (χ1v) is 11.3. The molecule has 1 aliphatic carbocycles. The maximum atomic E-state index is 11.6.